The molecule has 0 unspecified atom stereocenters. The number of anilines is 1. The summed E-state index contributed by atoms with van der Waals surface area (Å²) in [6.07, 6.45) is 0.848. The van der Waals surface area contributed by atoms with Crippen molar-refractivity contribution in [1.29, 1.82) is 0 Å². The fourth-order valence-electron chi connectivity index (χ4n) is 3.49. The van der Waals surface area contributed by atoms with Gasteiger partial charge in [-0.1, -0.05) is 34.5 Å². The maximum absolute atomic E-state index is 12.8. The molecule has 1 saturated heterocycles. The van der Waals surface area contributed by atoms with Crippen molar-refractivity contribution in [3.63, 3.8) is 0 Å². The number of methoxy groups -OCH3 is 1. The summed E-state index contributed by atoms with van der Waals surface area (Å²) in [4.78, 5) is 17.4. The van der Waals surface area contributed by atoms with Crippen LogP contribution in [0.2, 0.25) is 10.0 Å². The molecule has 0 bridgehead atoms. The zero-order valence-corrected chi connectivity index (χ0v) is 19.6. The predicted octanol–water partition coefficient (Wildman–Crippen LogP) is 4.65. The van der Waals surface area contributed by atoms with Crippen LogP contribution in [-0.2, 0) is 14.8 Å². The molecule has 2 heterocycles. The van der Waals surface area contributed by atoms with Gasteiger partial charge in [-0.25, -0.2) is 13.4 Å². The molecule has 0 radical (unpaired) electrons. The number of hydrogen-bond donors (Lipinski definition) is 1. The first-order chi connectivity index (χ1) is 14.8. The molecule has 1 aromatic heterocycles. The van der Waals surface area contributed by atoms with Crippen LogP contribution in [-0.4, -0.2) is 43.8 Å². The second kappa shape index (κ2) is 8.91. The smallest absolute Gasteiger partial charge is 0.243 e. The Hall–Kier alpha value is -1.91. The molecule has 1 aliphatic rings. The van der Waals surface area contributed by atoms with Crippen molar-refractivity contribution in [2.45, 2.75) is 17.7 Å². The zero-order chi connectivity index (χ0) is 22.2. The second-order valence-corrected chi connectivity index (χ2v) is 10.8. The molecular weight excluding hydrogens is 481 g/mol. The third kappa shape index (κ3) is 4.51. The Morgan fingerprint density at radius 2 is 1.84 bits per heavy atom. The Kier molecular flexibility index (Phi) is 6.41. The van der Waals surface area contributed by atoms with Crippen LogP contribution >= 0.6 is 34.5 Å². The minimum absolute atomic E-state index is 0.183. The van der Waals surface area contributed by atoms with E-state index in [9.17, 15) is 13.2 Å². The van der Waals surface area contributed by atoms with E-state index in [4.69, 9.17) is 27.9 Å². The number of sulfonamides is 1. The van der Waals surface area contributed by atoms with Crippen molar-refractivity contribution in [2.24, 2.45) is 5.92 Å². The molecule has 4 rings (SSSR count). The summed E-state index contributed by atoms with van der Waals surface area (Å²) in [5.41, 5.74) is 0.596. The molecule has 0 aliphatic carbocycles. The number of aromatic nitrogens is 1. The molecule has 164 valence electrons. The topological polar surface area (TPSA) is 88.6 Å². The summed E-state index contributed by atoms with van der Waals surface area (Å²) in [5, 5.41) is 4.29. The lowest BCUT2D eigenvalue weighted by Crippen LogP contribution is -2.41. The minimum atomic E-state index is -3.61. The number of halogens is 2. The number of hydrogen-bond acceptors (Lipinski definition) is 6. The number of carbonyl (C=O) groups excluding carboxylic acids is 1. The number of benzene rings is 2. The van der Waals surface area contributed by atoms with Crippen LogP contribution in [0.15, 0.2) is 41.3 Å². The standard InChI is InChI=1S/C20H19Cl2N3O4S2/c1-29-16-7-6-15(22)18-17(16)23-20(30-18)24-19(26)12-8-10-25(11-9-12)31(27,28)14-4-2-13(21)3-5-14/h2-7,12H,8-11H2,1H3,(H,23,24,26). The van der Waals surface area contributed by atoms with E-state index in [0.29, 0.717) is 39.3 Å². The normalized spacial score (nSPS) is 15.8. The van der Waals surface area contributed by atoms with Gasteiger partial charge in [0.2, 0.25) is 15.9 Å². The van der Waals surface area contributed by atoms with E-state index in [1.165, 1.54) is 27.8 Å². The Labute approximate surface area is 194 Å². The molecular formula is C20H19Cl2N3O4S2. The molecule has 1 N–H and O–H groups in total. The van der Waals surface area contributed by atoms with E-state index in [1.807, 2.05) is 0 Å². The van der Waals surface area contributed by atoms with E-state index in [1.54, 1.807) is 31.4 Å². The van der Waals surface area contributed by atoms with E-state index in [2.05, 4.69) is 10.3 Å². The molecule has 7 nitrogen and oxygen atoms in total. The number of nitrogens with zero attached hydrogens (tertiary/aromatic N) is 2. The van der Waals surface area contributed by atoms with Crippen molar-refractivity contribution in [2.75, 3.05) is 25.5 Å². The average molecular weight is 500 g/mol. The van der Waals surface area contributed by atoms with Gasteiger partial charge in [-0.15, -0.1) is 0 Å². The van der Waals surface area contributed by atoms with Crippen LogP contribution in [0.1, 0.15) is 12.8 Å². The van der Waals surface area contributed by atoms with E-state index < -0.39 is 10.0 Å². The molecule has 0 atom stereocenters. The maximum atomic E-state index is 12.8. The van der Waals surface area contributed by atoms with Crippen molar-refractivity contribution in [3.8, 4) is 5.75 Å². The number of rotatable bonds is 5. The number of nitrogens with one attached hydrogen (secondary N) is 1. The van der Waals surface area contributed by atoms with Crippen LogP contribution < -0.4 is 10.1 Å². The monoisotopic (exact) mass is 499 g/mol. The lowest BCUT2D eigenvalue weighted by Gasteiger charge is -2.30. The summed E-state index contributed by atoms with van der Waals surface area (Å²) in [5.74, 6) is 0.0931. The number of amides is 1. The summed E-state index contributed by atoms with van der Waals surface area (Å²) >= 11 is 13.4. The van der Waals surface area contributed by atoms with Crippen molar-refractivity contribution in [3.05, 3.63) is 46.4 Å². The first kappa shape index (κ1) is 22.3. The van der Waals surface area contributed by atoms with Gasteiger partial charge in [0.25, 0.3) is 0 Å². The maximum Gasteiger partial charge on any atom is 0.243 e. The molecule has 1 aliphatic heterocycles. The van der Waals surface area contributed by atoms with Gasteiger partial charge in [0.05, 0.1) is 21.7 Å². The largest absolute Gasteiger partial charge is 0.494 e. The Balaban J connectivity index is 1.42. The number of piperidine rings is 1. The average Bonchev–Trinajstić information content (AvgIpc) is 3.19. The van der Waals surface area contributed by atoms with Crippen molar-refractivity contribution in [1.82, 2.24) is 9.29 Å². The van der Waals surface area contributed by atoms with Gasteiger partial charge in [-0.3, -0.25) is 4.79 Å². The highest BCUT2D eigenvalue weighted by atomic mass is 35.5. The molecule has 0 spiro atoms. The van der Waals surface area contributed by atoms with Gasteiger partial charge >= 0.3 is 0 Å². The predicted molar refractivity (Wildman–Crippen MR) is 123 cm³/mol. The third-order valence-electron chi connectivity index (χ3n) is 5.18. The Morgan fingerprint density at radius 3 is 2.48 bits per heavy atom. The molecule has 11 heteroatoms. The minimum Gasteiger partial charge on any atom is -0.494 e. The highest BCUT2D eigenvalue weighted by Gasteiger charge is 2.32. The van der Waals surface area contributed by atoms with Crippen LogP contribution in [0.3, 0.4) is 0 Å². The molecule has 31 heavy (non-hydrogen) atoms. The quantitative estimate of drug-likeness (QED) is 0.551. The number of ether oxygens (including phenoxy) is 1. The summed E-state index contributed by atoms with van der Waals surface area (Å²) in [7, 11) is -2.06. The second-order valence-electron chi connectivity index (χ2n) is 7.07. The summed E-state index contributed by atoms with van der Waals surface area (Å²) < 4.78 is 33.1. The SMILES string of the molecule is COc1ccc(Cl)c2sc(NC(=O)C3CCN(S(=O)(=O)c4ccc(Cl)cc4)CC3)nc12. The van der Waals surface area contributed by atoms with Gasteiger partial charge in [0.15, 0.2) is 5.13 Å². The van der Waals surface area contributed by atoms with Gasteiger partial charge in [0.1, 0.15) is 11.3 Å². The van der Waals surface area contributed by atoms with Gasteiger partial charge in [-0.2, -0.15) is 4.31 Å². The molecule has 3 aromatic rings. The molecule has 2 aromatic carbocycles. The number of thiazole rings is 1. The van der Waals surface area contributed by atoms with Crippen molar-refractivity contribution < 1.29 is 17.9 Å². The highest BCUT2D eigenvalue weighted by Crippen LogP contribution is 2.37. The van der Waals surface area contributed by atoms with E-state index in [-0.39, 0.29) is 29.8 Å². The van der Waals surface area contributed by atoms with Gasteiger partial charge < -0.3 is 10.1 Å². The van der Waals surface area contributed by atoms with Gasteiger partial charge in [-0.05, 0) is 49.2 Å². The fourth-order valence-corrected chi connectivity index (χ4v) is 6.25. The number of carbonyl (C=O) groups is 1. The van der Waals surface area contributed by atoms with Crippen molar-refractivity contribution >= 4 is 65.8 Å². The van der Waals surface area contributed by atoms with Crippen LogP contribution in [0, 0.1) is 5.92 Å². The lowest BCUT2D eigenvalue weighted by molar-refractivity contribution is -0.120. The first-order valence-electron chi connectivity index (χ1n) is 9.49. The Bertz CT molecular complexity index is 1220. The molecule has 0 saturated carbocycles. The van der Waals surface area contributed by atoms with E-state index >= 15 is 0 Å². The first-order valence-corrected chi connectivity index (χ1v) is 12.5. The third-order valence-corrected chi connectivity index (χ3v) is 8.78. The molecule has 1 amide bonds. The fraction of sp³-hybridized carbons (Fsp3) is 0.300. The lowest BCUT2D eigenvalue weighted by atomic mass is 9.97. The van der Waals surface area contributed by atoms with Gasteiger partial charge in [0, 0.05) is 24.0 Å². The van der Waals surface area contributed by atoms with Crippen LogP contribution in [0.4, 0.5) is 5.13 Å². The summed E-state index contributed by atoms with van der Waals surface area (Å²) in [6, 6.07) is 9.53. The number of fused-ring (bicyclic) bond motifs is 1. The summed E-state index contributed by atoms with van der Waals surface area (Å²) in [6.45, 7) is 0.533. The van der Waals surface area contributed by atoms with E-state index in [0.717, 1.165) is 4.70 Å². The zero-order valence-electron chi connectivity index (χ0n) is 16.5. The molecule has 1 fully saturated rings. The van der Waals surface area contributed by atoms with Crippen LogP contribution in [0.5, 0.6) is 5.75 Å². The van der Waals surface area contributed by atoms with Crippen LogP contribution in [0.25, 0.3) is 10.2 Å². The Morgan fingerprint density at radius 1 is 1.16 bits per heavy atom. The highest BCUT2D eigenvalue weighted by molar-refractivity contribution is 7.89.